The number of piperazine rings is 1. The molecule has 24 heavy (non-hydrogen) atoms. The van der Waals surface area contributed by atoms with E-state index in [4.69, 9.17) is 11.6 Å². The second-order valence-corrected chi connectivity index (χ2v) is 7.10. The van der Waals surface area contributed by atoms with Crippen LogP contribution in [0.1, 0.15) is 23.7 Å². The van der Waals surface area contributed by atoms with Crippen LogP contribution in [0.5, 0.6) is 0 Å². The van der Waals surface area contributed by atoms with Crippen LogP contribution in [0.4, 0.5) is 0 Å². The van der Waals surface area contributed by atoms with Gasteiger partial charge in [-0.2, -0.15) is 0 Å². The molecule has 1 aromatic carbocycles. The summed E-state index contributed by atoms with van der Waals surface area (Å²) >= 11 is 7.49. The molecular formula is C17H20ClN3O2S. The number of carbonyl (C=O) groups is 1. The maximum absolute atomic E-state index is 12.8. The van der Waals surface area contributed by atoms with E-state index in [-0.39, 0.29) is 16.8 Å². The molecule has 2 heterocycles. The van der Waals surface area contributed by atoms with E-state index in [1.165, 1.54) is 11.3 Å². The van der Waals surface area contributed by atoms with E-state index in [1.54, 1.807) is 4.57 Å². The third-order valence-electron chi connectivity index (χ3n) is 4.35. The number of halogens is 1. The summed E-state index contributed by atoms with van der Waals surface area (Å²) < 4.78 is 1.66. The topological polar surface area (TPSA) is 54.3 Å². The summed E-state index contributed by atoms with van der Waals surface area (Å²) in [6, 6.07) is 7.57. The smallest absolute Gasteiger partial charge is 0.307 e. The van der Waals surface area contributed by atoms with Crippen LogP contribution in [-0.2, 0) is 11.3 Å². The minimum absolute atomic E-state index is 0.0109. The first kappa shape index (κ1) is 17.2. The van der Waals surface area contributed by atoms with Crippen molar-refractivity contribution in [3.05, 3.63) is 55.6 Å². The van der Waals surface area contributed by atoms with E-state index in [2.05, 4.69) is 5.32 Å². The molecule has 1 aliphatic rings. The molecule has 0 saturated carbocycles. The minimum atomic E-state index is -0.0692. The van der Waals surface area contributed by atoms with Crippen LogP contribution in [0.2, 0.25) is 5.02 Å². The number of carbonyl (C=O) groups excluding carboxylic acids is 1. The Hall–Kier alpha value is -1.63. The van der Waals surface area contributed by atoms with Crippen molar-refractivity contribution in [3.63, 3.8) is 0 Å². The molecule has 0 aliphatic carbocycles. The van der Waals surface area contributed by atoms with Crippen LogP contribution in [0.3, 0.4) is 0 Å². The van der Waals surface area contributed by atoms with Crippen LogP contribution in [0.15, 0.2) is 34.4 Å². The molecule has 1 fully saturated rings. The lowest BCUT2D eigenvalue weighted by molar-refractivity contribution is -0.134. The number of aryl methyl sites for hydroxylation is 1. The molecule has 1 unspecified atom stereocenters. The lowest BCUT2D eigenvalue weighted by atomic mass is 10.0. The Kier molecular flexibility index (Phi) is 5.38. The Morgan fingerprint density at radius 1 is 1.42 bits per heavy atom. The summed E-state index contributed by atoms with van der Waals surface area (Å²) in [5.74, 6) is 0.0546. The molecule has 1 aliphatic heterocycles. The van der Waals surface area contributed by atoms with E-state index in [1.807, 2.05) is 41.5 Å². The summed E-state index contributed by atoms with van der Waals surface area (Å²) in [5, 5.41) is 5.83. The number of aromatic nitrogens is 1. The Morgan fingerprint density at radius 3 is 2.92 bits per heavy atom. The van der Waals surface area contributed by atoms with Gasteiger partial charge in [0.1, 0.15) is 0 Å². The van der Waals surface area contributed by atoms with Gasteiger partial charge in [0.25, 0.3) is 0 Å². The molecule has 7 heteroatoms. The van der Waals surface area contributed by atoms with Gasteiger partial charge in [-0.3, -0.25) is 9.59 Å². The highest BCUT2D eigenvalue weighted by Crippen LogP contribution is 2.28. The number of nitrogens with zero attached hydrogens (tertiary/aromatic N) is 2. The zero-order valence-corrected chi connectivity index (χ0v) is 15.1. The van der Waals surface area contributed by atoms with Gasteiger partial charge >= 0.3 is 4.87 Å². The van der Waals surface area contributed by atoms with Gasteiger partial charge in [-0.25, -0.2) is 0 Å². The average Bonchev–Trinajstić information content (AvgIpc) is 2.91. The summed E-state index contributed by atoms with van der Waals surface area (Å²) in [6.07, 6.45) is 0.318. The number of amides is 1. The SMILES string of the molecule is Cc1csc(=O)n1CCC(=O)N1CCNCC1c1ccccc1Cl. The highest BCUT2D eigenvalue weighted by Gasteiger charge is 2.28. The predicted octanol–water partition coefficient (Wildman–Crippen LogP) is 2.43. The van der Waals surface area contributed by atoms with Crippen molar-refractivity contribution in [2.75, 3.05) is 19.6 Å². The fraction of sp³-hybridized carbons (Fsp3) is 0.412. The first-order chi connectivity index (χ1) is 11.6. The Bertz CT molecular complexity index is 786. The van der Waals surface area contributed by atoms with E-state index >= 15 is 0 Å². The van der Waals surface area contributed by atoms with Crippen molar-refractivity contribution < 1.29 is 4.79 Å². The minimum Gasteiger partial charge on any atom is -0.333 e. The fourth-order valence-electron chi connectivity index (χ4n) is 3.05. The second-order valence-electron chi connectivity index (χ2n) is 5.87. The molecule has 0 spiro atoms. The predicted molar refractivity (Wildman–Crippen MR) is 96.7 cm³/mol. The van der Waals surface area contributed by atoms with E-state index in [0.29, 0.717) is 31.1 Å². The van der Waals surface area contributed by atoms with Crippen LogP contribution in [-0.4, -0.2) is 35.0 Å². The number of thiazole rings is 1. The van der Waals surface area contributed by atoms with Gasteiger partial charge in [-0.15, -0.1) is 0 Å². The third kappa shape index (κ3) is 3.55. The lowest BCUT2D eigenvalue weighted by Gasteiger charge is -2.37. The standard InChI is InChI=1S/C17H20ClN3O2S/c1-12-11-24-17(23)20(12)8-6-16(22)21-9-7-19-10-15(21)13-4-2-3-5-14(13)18/h2-5,11,15,19H,6-10H2,1H3. The van der Waals surface area contributed by atoms with Crippen LogP contribution < -0.4 is 10.2 Å². The maximum atomic E-state index is 12.8. The Labute approximate surface area is 149 Å². The first-order valence-electron chi connectivity index (χ1n) is 7.97. The van der Waals surface area contributed by atoms with E-state index in [9.17, 15) is 9.59 Å². The van der Waals surface area contributed by atoms with Crippen LogP contribution in [0.25, 0.3) is 0 Å². The summed E-state index contributed by atoms with van der Waals surface area (Å²) in [5.41, 5.74) is 1.87. The lowest BCUT2D eigenvalue weighted by Crippen LogP contribution is -2.49. The van der Waals surface area contributed by atoms with Gasteiger partial charge < -0.3 is 14.8 Å². The molecule has 5 nitrogen and oxygen atoms in total. The van der Waals surface area contributed by atoms with Crippen molar-refractivity contribution in [1.29, 1.82) is 0 Å². The normalized spacial score (nSPS) is 17.9. The Balaban J connectivity index is 1.74. The molecule has 1 saturated heterocycles. The van der Waals surface area contributed by atoms with Crippen molar-refractivity contribution >= 4 is 28.8 Å². The molecule has 2 aromatic rings. The van der Waals surface area contributed by atoms with Crippen LogP contribution in [0, 0.1) is 6.92 Å². The molecule has 3 rings (SSSR count). The molecule has 1 aromatic heterocycles. The zero-order valence-electron chi connectivity index (χ0n) is 13.5. The maximum Gasteiger partial charge on any atom is 0.307 e. The molecule has 1 N–H and O–H groups in total. The van der Waals surface area contributed by atoms with Crippen molar-refractivity contribution in [3.8, 4) is 0 Å². The number of hydrogen-bond donors (Lipinski definition) is 1. The molecule has 1 amide bonds. The molecular weight excluding hydrogens is 346 g/mol. The number of hydrogen-bond acceptors (Lipinski definition) is 4. The summed E-state index contributed by atoms with van der Waals surface area (Å²) in [4.78, 5) is 26.4. The van der Waals surface area contributed by atoms with Gasteiger partial charge in [0.05, 0.1) is 6.04 Å². The van der Waals surface area contributed by atoms with Crippen LogP contribution >= 0.6 is 22.9 Å². The summed E-state index contributed by atoms with van der Waals surface area (Å²) in [7, 11) is 0. The average molecular weight is 366 g/mol. The quantitative estimate of drug-likeness (QED) is 0.905. The molecule has 0 bridgehead atoms. The zero-order chi connectivity index (χ0) is 17.1. The van der Waals surface area contributed by atoms with E-state index < -0.39 is 0 Å². The third-order valence-corrected chi connectivity index (χ3v) is 5.58. The monoisotopic (exact) mass is 365 g/mol. The number of nitrogens with one attached hydrogen (secondary N) is 1. The van der Waals surface area contributed by atoms with Crippen molar-refractivity contribution in [2.45, 2.75) is 25.9 Å². The Morgan fingerprint density at radius 2 is 2.21 bits per heavy atom. The van der Waals surface area contributed by atoms with Gasteiger partial charge in [-0.05, 0) is 18.6 Å². The summed E-state index contributed by atoms with van der Waals surface area (Å²) in [6.45, 7) is 4.41. The number of rotatable bonds is 4. The fourth-order valence-corrected chi connectivity index (χ4v) is 4.07. The van der Waals surface area contributed by atoms with Gasteiger partial charge in [0, 0.05) is 48.7 Å². The second kappa shape index (κ2) is 7.51. The van der Waals surface area contributed by atoms with Gasteiger partial charge in [0.15, 0.2) is 0 Å². The molecule has 128 valence electrons. The van der Waals surface area contributed by atoms with E-state index in [0.717, 1.165) is 17.8 Å². The van der Waals surface area contributed by atoms with Gasteiger partial charge in [-0.1, -0.05) is 41.1 Å². The highest BCUT2D eigenvalue weighted by molar-refractivity contribution is 7.07. The molecule has 1 atom stereocenters. The van der Waals surface area contributed by atoms with Crippen molar-refractivity contribution in [1.82, 2.24) is 14.8 Å². The van der Waals surface area contributed by atoms with Gasteiger partial charge in [0.2, 0.25) is 5.91 Å². The highest BCUT2D eigenvalue weighted by atomic mass is 35.5. The number of benzene rings is 1. The molecule has 0 radical (unpaired) electrons. The first-order valence-corrected chi connectivity index (χ1v) is 9.23. The largest absolute Gasteiger partial charge is 0.333 e. The van der Waals surface area contributed by atoms with Crippen molar-refractivity contribution in [2.24, 2.45) is 0 Å².